The summed E-state index contributed by atoms with van der Waals surface area (Å²) < 4.78 is 15.6. The highest BCUT2D eigenvalue weighted by molar-refractivity contribution is 5.72. The van der Waals surface area contributed by atoms with Crippen molar-refractivity contribution >= 4 is 22.9 Å². The molecule has 0 saturated carbocycles. The van der Waals surface area contributed by atoms with E-state index in [1.165, 1.54) is 228 Å². The average molecular weight is 894 g/mol. The number of unbranched alkanes of at least 4 members (excludes halogenated alkanes) is 30. The number of ether oxygens (including phenoxy) is 1. The number of nitrogens with zero attached hydrogens (tertiary/aromatic N) is 2. The summed E-state index contributed by atoms with van der Waals surface area (Å²) in [5, 5.41) is 0. The molecule has 0 saturated heterocycles. The highest BCUT2D eigenvalue weighted by atomic mass is 16.5. The van der Waals surface area contributed by atoms with Crippen LogP contribution in [0, 0.1) is 0 Å². The lowest BCUT2D eigenvalue weighted by atomic mass is 9.87. The van der Waals surface area contributed by atoms with Crippen molar-refractivity contribution < 1.29 is 13.7 Å². The Hall–Kier alpha value is -3.01. The number of rotatable bonds is 36. The first-order chi connectivity index (χ1) is 31.5. The SMILES string of the molecule is CCCCCCCCCCCCCCCCCCN1/C(=C/C=C/c2oc3ccc(C(C)(C)C)cc3[n+]2CCCCCCCCCCCCCCCCCC)Oc2ccc(C(C)(C)C)cc21. The number of hydrogen-bond acceptors (Lipinski definition) is 3. The van der Waals surface area contributed by atoms with Crippen LogP contribution in [0.2, 0.25) is 0 Å². The molecule has 3 aromatic rings. The van der Waals surface area contributed by atoms with Gasteiger partial charge in [0, 0.05) is 19.0 Å². The van der Waals surface area contributed by atoms with Crippen molar-refractivity contribution in [3.8, 4) is 5.75 Å². The van der Waals surface area contributed by atoms with E-state index in [1.54, 1.807) is 0 Å². The summed E-state index contributed by atoms with van der Waals surface area (Å²) in [4.78, 5) is 2.43. The molecular weight excluding hydrogens is 793 g/mol. The van der Waals surface area contributed by atoms with Crippen molar-refractivity contribution in [2.24, 2.45) is 0 Å². The van der Waals surface area contributed by atoms with Gasteiger partial charge in [-0.05, 0) is 65.1 Å². The van der Waals surface area contributed by atoms with Crippen LogP contribution < -0.4 is 14.2 Å². The van der Waals surface area contributed by atoms with Gasteiger partial charge in [0.2, 0.25) is 11.5 Å². The second kappa shape index (κ2) is 31.1. The van der Waals surface area contributed by atoms with Crippen LogP contribution in [-0.2, 0) is 17.4 Å². The molecule has 4 heteroatoms. The van der Waals surface area contributed by atoms with Crippen molar-refractivity contribution in [1.82, 2.24) is 0 Å². The maximum Gasteiger partial charge on any atom is 0.374 e. The standard InChI is InChI=1S/C61H101N2O2/c1-9-11-13-15-17-19-21-23-25-27-29-31-33-35-37-39-48-62-54-50-52(60(3,4)5)44-46-56(54)64-58(62)42-41-43-59-63(55-51-53(61(6,7)8)45-47-57(55)65-59)49-40-38-36-34-32-30-28-26-24-22-20-18-16-14-12-10-2/h41-47,50-51H,9-40,48-49H2,1-8H3/q+1. The molecule has 1 aliphatic rings. The van der Waals surface area contributed by atoms with Crippen LogP contribution in [0.1, 0.15) is 278 Å². The van der Waals surface area contributed by atoms with E-state index in [1.807, 2.05) is 0 Å². The Morgan fingerprint density at radius 3 is 1.37 bits per heavy atom. The van der Waals surface area contributed by atoms with Gasteiger partial charge in [-0.15, -0.1) is 0 Å². The maximum absolute atomic E-state index is 6.61. The van der Waals surface area contributed by atoms with Crippen LogP contribution in [0.5, 0.6) is 5.75 Å². The highest BCUT2D eigenvalue weighted by Gasteiger charge is 2.28. The van der Waals surface area contributed by atoms with Gasteiger partial charge in [0.15, 0.2) is 12.3 Å². The third kappa shape index (κ3) is 20.8. The van der Waals surface area contributed by atoms with Crippen molar-refractivity contribution in [2.45, 2.75) is 278 Å². The fraction of sp³-hybridized carbons (Fsp3) is 0.721. The maximum atomic E-state index is 6.61. The van der Waals surface area contributed by atoms with Gasteiger partial charge in [-0.2, -0.15) is 4.57 Å². The van der Waals surface area contributed by atoms with Gasteiger partial charge in [0.1, 0.15) is 0 Å². The normalized spacial score (nSPS) is 13.8. The summed E-state index contributed by atoms with van der Waals surface area (Å²) in [5.41, 5.74) is 6.22. The molecule has 0 fully saturated rings. The number of aryl methyl sites for hydroxylation is 1. The number of aromatic nitrogens is 1. The van der Waals surface area contributed by atoms with Crippen LogP contribution >= 0.6 is 0 Å². The summed E-state index contributed by atoms with van der Waals surface area (Å²) in [6.45, 7) is 20.4. The predicted molar refractivity (Wildman–Crippen MR) is 284 cm³/mol. The van der Waals surface area contributed by atoms with Crippen molar-refractivity contribution in [1.29, 1.82) is 0 Å². The molecule has 4 nitrogen and oxygen atoms in total. The van der Waals surface area contributed by atoms with E-state index in [2.05, 4.69) is 119 Å². The molecule has 0 spiro atoms. The minimum atomic E-state index is 0.0789. The zero-order valence-corrected chi connectivity index (χ0v) is 43.9. The van der Waals surface area contributed by atoms with E-state index in [4.69, 9.17) is 9.15 Å². The van der Waals surface area contributed by atoms with Crippen LogP contribution in [0.3, 0.4) is 0 Å². The lowest BCUT2D eigenvalue weighted by molar-refractivity contribution is -0.678. The van der Waals surface area contributed by atoms with E-state index in [0.29, 0.717) is 0 Å². The number of fused-ring (bicyclic) bond motifs is 2. The van der Waals surface area contributed by atoms with Crippen molar-refractivity contribution in [2.75, 3.05) is 11.4 Å². The van der Waals surface area contributed by atoms with E-state index in [-0.39, 0.29) is 10.8 Å². The number of allylic oxidation sites excluding steroid dienone is 2. The van der Waals surface area contributed by atoms with Gasteiger partial charge in [0.05, 0.1) is 11.8 Å². The van der Waals surface area contributed by atoms with E-state index >= 15 is 0 Å². The molecule has 4 rings (SSSR count). The topological polar surface area (TPSA) is 29.5 Å². The quantitative estimate of drug-likeness (QED) is 0.0430. The molecule has 0 unspecified atom stereocenters. The van der Waals surface area contributed by atoms with Gasteiger partial charge >= 0.3 is 5.89 Å². The predicted octanol–water partition coefficient (Wildman–Crippen LogP) is 19.6. The molecule has 0 aliphatic carbocycles. The lowest BCUT2D eigenvalue weighted by Crippen LogP contribution is -2.35. The fourth-order valence-corrected chi connectivity index (χ4v) is 9.69. The van der Waals surface area contributed by atoms with Crippen molar-refractivity contribution in [3.05, 3.63) is 71.5 Å². The van der Waals surface area contributed by atoms with Gasteiger partial charge in [-0.25, -0.2) is 0 Å². The van der Waals surface area contributed by atoms with Gasteiger partial charge in [-0.1, -0.05) is 254 Å². The van der Waals surface area contributed by atoms with Gasteiger partial charge < -0.3 is 14.1 Å². The Kier molecular flexibility index (Phi) is 26.1. The monoisotopic (exact) mass is 894 g/mol. The summed E-state index contributed by atoms with van der Waals surface area (Å²) in [6.07, 6.45) is 50.8. The summed E-state index contributed by atoms with van der Waals surface area (Å²) in [7, 11) is 0. The summed E-state index contributed by atoms with van der Waals surface area (Å²) >= 11 is 0. The largest absolute Gasteiger partial charge is 0.439 e. The van der Waals surface area contributed by atoms with Gasteiger partial charge in [0.25, 0.3) is 5.52 Å². The van der Waals surface area contributed by atoms with Gasteiger partial charge in [-0.3, -0.25) is 0 Å². The van der Waals surface area contributed by atoms with Crippen LogP contribution in [-0.4, -0.2) is 6.54 Å². The first kappa shape index (κ1) is 54.6. The first-order valence-corrected chi connectivity index (χ1v) is 28.0. The highest BCUT2D eigenvalue weighted by Crippen LogP contribution is 2.42. The summed E-state index contributed by atoms with van der Waals surface area (Å²) in [6, 6.07) is 13.6. The molecule has 1 aromatic heterocycles. The molecule has 65 heavy (non-hydrogen) atoms. The first-order valence-electron chi connectivity index (χ1n) is 28.0. The minimum Gasteiger partial charge on any atom is -0.439 e. The molecule has 2 aromatic carbocycles. The summed E-state index contributed by atoms with van der Waals surface area (Å²) in [5.74, 6) is 2.80. The Morgan fingerprint density at radius 2 is 0.908 bits per heavy atom. The number of benzene rings is 2. The lowest BCUT2D eigenvalue weighted by Gasteiger charge is -2.22. The fourth-order valence-electron chi connectivity index (χ4n) is 9.69. The molecular formula is C61H101N2O2+. The van der Waals surface area contributed by atoms with Crippen LogP contribution in [0.15, 0.2) is 58.9 Å². The Balaban J connectivity index is 1.29. The number of hydrogen-bond donors (Lipinski definition) is 0. The van der Waals surface area contributed by atoms with E-state index < -0.39 is 0 Å². The zero-order chi connectivity index (χ0) is 46.6. The zero-order valence-electron chi connectivity index (χ0n) is 43.9. The Labute approximate surface area is 401 Å². The minimum absolute atomic E-state index is 0.0789. The molecule has 0 bridgehead atoms. The molecule has 0 amide bonds. The second-order valence-corrected chi connectivity index (χ2v) is 22.2. The third-order valence-corrected chi connectivity index (χ3v) is 14.1. The average Bonchev–Trinajstić information content (AvgIpc) is 3.81. The third-order valence-electron chi connectivity index (χ3n) is 14.1. The van der Waals surface area contributed by atoms with E-state index in [0.717, 1.165) is 36.2 Å². The Bertz CT molecular complexity index is 1770. The number of oxazole rings is 1. The van der Waals surface area contributed by atoms with Crippen LogP contribution in [0.25, 0.3) is 17.2 Å². The molecule has 0 radical (unpaired) electrons. The van der Waals surface area contributed by atoms with Crippen LogP contribution in [0.4, 0.5) is 5.69 Å². The smallest absolute Gasteiger partial charge is 0.374 e. The molecule has 366 valence electrons. The molecule has 0 atom stereocenters. The Morgan fingerprint density at radius 1 is 0.492 bits per heavy atom. The second-order valence-electron chi connectivity index (χ2n) is 22.2. The molecule has 2 heterocycles. The van der Waals surface area contributed by atoms with Crippen molar-refractivity contribution in [3.63, 3.8) is 0 Å². The molecule has 0 N–H and O–H groups in total. The molecule has 1 aliphatic heterocycles. The van der Waals surface area contributed by atoms with E-state index in [9.17, 15) is 0 Å². The number of anilines is 1.